The molecule has 48 heavy (non-hydrogen) atoms. The number of carboxylic acid groups (broad SMARTS) is 2. The normalized spacial score (nSPS) is 14.0. The fourth-order valence-electron chi connectivity index (χ4n) is 4.47. The molecule has 0 aromatic heterocycles. The maximum atomic E-state index is 13.3. The number of aliphatic imine (C=N–C) groups is 1. The summed E-state index contributed by atoms with van der Waals surface area (Å²) < 4.78 is 0. The second-order valence-electron chi connectivity index (χ2n) is 11.6. The van der Waals surface area contributed by atoms with E-state index < -0.39 is 78.1 Å². The van der Waals surface area contributed by atoms with E-state index in [1.54, 1.807) is 13.8 Å². The highest BCUT2D eigenvalue weighted by molar-refractivity contribution is 5.96. The summed E-state index contributed by atoms with van der Waals surface area (Å²) >= 11 is 0. The predicted octanol–water partition coefficient (Wildman–Crippen LogP) is -2.40. The molecular weight excluding hydrogens is 630 g/mol. The Kier molecular flexibility index (Phi) is 18.0. The molecule has 0 bridgehead atoms. The van der Waals surface area contributed by atoms with E-state index in [1.165, 1.54) is 24.3 Å². The summed E-state index contributed by atoms with van der Waals surface area (Å²) in [6.45, 7) is 3.71. The number of phenols is 1. The first-order valence-corrected chi connectivity index (χ1v) is 15.5. The van der Waals surface area contributed by atoms with Gasteiger partial charge in [-0.2, -0.15) is 0 Å². The van der Waals surface area contributed by atoms with Crippen LogP contribution in [0.1, 0.15) is 57.9 Å². The van der Waals surface area contributed by atoms with E-state index in [2.05, 4.69) is 26.3 Å². The van der Waals surface area contributed by atoms with E-state index in [4.69, 9.17) is 22.9 Å². The zero-order chi connectivity index (χ0) is 36.4. The van der Waals surface area contributed by atoms with Gasteiger partial charge in [0.2, 0.25) is 23.6 Å². The molecule has 0 unspecified atom stereocenters. The standard InChI is InChI=1S/C30H49N9O9/c1-16(2)24(28(46)38-22(29(47)48)14-17-8-10-18(40)11-9-17)39-27(45)21(15-23(41)42)37-26(44)20(7-3-4-12-31)36-25(43)19(32)6-5-13-35-30(33)34/h8-11,16,19-22,24,40H,3-7,12-15,31-32H2,1-2H3,(H,36,43)(H,37,44)(H,38,46)(H,39,45)(H,41,42)(H,47,48)(H4,33,34,35)/t19-,20+,21+,22+,24+/m1/s1. The van der Waals surface area contributed by atoms with Crippen LogP contribution in [0.5, 0.6) is 5.75 Å². The van der Waals surface area contributed by atoms with Crippen molar-refractivity contribution in [2.75, 3.05) is 13.1 Å². The fraction of sp³-hybridized carbons (Fsp3) is 0.567. The van der Waals surface area contributed by atoms with Crippen LogP contribution in [-0.2, 0) is 35.2 Å². The Morgan fingerprint density at radius 2 is 1.35 bits per heavy atom. The van der Waals surface area contributed by atoms with Gasteiger partial charge < -0.3 is 59.5 Å². The number of rotatable bonds is 22. The molecule has 18 heteroatoms. The van der Waals surface area contributed by atoms with Gasteiger partial charge in [-0.3, -0.25) is 29.0 Å². The summed E-state index contributed by atoms with van der Waals surface area (Å²) in [4.78, 5) is 80.0. The minimum Gasteiger partial charge on any atom is -0.508 e. The lowest BCUT2D eigenvalue weighted by Crippen LogP contribution is -2.59. The SMILES string of the molecule is CC(C)[C@H](NC(=O)[C@H](CC(=O)O)NC(=O)[C@H](CCCCN)NC(=O)[C@H](N)CCCN=C(N)N)C(=O)N[C@@H](Cc1ccc(O)cc1)C(=O)O. The number of nitrogens with two attached hydrogens (primary N) is 4. The minimum atomic E-state index is -1.67. The molecule has 5 atom stereocenters. The molecule has 1 aromatic rings. The Labute approximate surface area is 278 Å². The lowest BCUT2D eigenvalue weighted by Gasteiger charge is -2.27. The van der Waals surface area contributed by atoms with Crippen LogP contribution in [0.15, 0.2) is 29.3 Å². The van der Waals surface area contributed by atoms with Crippen LogP contribution < -0.4 is 44.2 Å². The molecule has 1 aromatic carbocycles. The van der Waals surface area contributed by atoms with Crippen molar-refractivity contribution in [2.45, 2.75) is 89.0 Å². The van der Waals surface area contributed by atoms with Crippen molar-refractivity contribution >= 4 is 41.5 Å². The van der Waals surface area contributed by atoms with Gasteiger partial charge in [0.15, 0.2) is 5.96 Å². The van der Waals surface area contributed by atoms with Gasteiger partial charge in [0.05, 0.1) is 12.5 Å². The number of unbranched alkanes of at least 4 members (excludes halogenated alkanes) is 1. The molecule has 4 amide bonds. The van der Waals surface area contributed by atoms with E-state index in [-0.39, 0.29) is 37.5 Å². The first kappa shape index (κ1) is 41.1. The fourth-order valence-corrected chi connectivity index (χ4v) is 4.47. The number of hydrogen-bond donors (Lipinski definition) is 11. The van der Waals surface area contributed by atoms with Gasteiger partial charge >= 0.3 is 11.9 Å². The highest BCUT2D eigenvalue weighted by Gasteiger charge is 2.34. The monoisotopic (exact) mass is 679 g/mol. The van der Waals surface area contributed by atoms with Crippen molar-refractivity contribution in [3.8, 4) is 5.75 Å². The molecule has 0 aliphatic carbocycles. The third-order valence-electron chi connectivity index (χ3n) is 7.13. The van der Waals surface area contributed by atoms with Crippen molar-refractivity contribution in [3.63, 3.8) is 0 Å². The van der Waals surface area contributed by atoms with Crippen LogP contribution >= 0.6 is 0 Å². The van der Waals surface area contributed by atoms with Gasteiger partial charge in [-0.05, 0) is 62.3 Å². The molecule has 0 heterocycles. The van der Waals surface area contributed by atoms with Crippen molar-refractivity contribution in [2.24, 2.45) is 33.8 Å². The second-order valence-corrected chi connectivity index (χ2v) is 11.6. The first-order valence-electron chi connectivity index (χ1n) is 15.5. The average Bonchev–Trinajstić information content (AvgIpc) is 3.00. The number of hydrogen-bond acceptors (Lipinski definition) is 10. The molecule has 0 spiro atoms. The van der Waals surface area contributed by atoms with Gasteiger partial charge in [0, 0.05) is 13.0 Å². The Bertz CT molecular complexity index is 1270. The Morgan fingerprint density at radius 3 is 1.90 bits per heavy atom. The molecule has 0 aliphatic rings. The topological polar surface area (TPSA) is 328 Å². The minimum absolute atomic E-state index is 0.0240. The number of carboxylic acids is 2. The zero-order valence-electron chi connectivity index (χ0n) is 27.2. The van der Waals surface area contributed by atoms with Crippen LogP contribution in [0.4, 0.5) is 0 Å². The van der Waals surface area contributed by atoms with Gasteiger partial charge in [-0.1, -0.05) is 26.0 Å². The van der Waals surface area contributed by atoms with E-state index in [9.17, 15) is 44.1 Å². The maximum Gasteiger partial charge on any atom is 0.326 e. The van der Waals surface area contributed by atoms with Gasteiger partial charge in [0.1, 0.15) is 29.9 Å². The summed E-state index contributed by atoms with van der Waals surface area (Å²) in [5.41, 5.74) is 22.6. The number of aliphatic carboxylic acids is 2. The van der Waals surface area contributed by atoms with Crippen LogP contribution in [-0.4, -0.2) is 100 Å². The molecule has 0 saturated heterocycles. The van der Waals surface area contributed by atoms with E-state index in [1.807, 2.05) is 0 Å². The molecule has 18 nitrogen and oxygen atoms in total. The summed E-state index contributed by atoms with van der Waals surface area (Å²) in [5.74, 6) is -6.91. The van der Waals surface area contributed by atoms with E-state index >= 15 is 0 Å². The largest absolute Gasteiger partial charge is 0.508 e. The number of benzene rings is 1. The third kappa shape index (κ3) is 15.5. The van der Waals surface area contributed by atoms with Crippen molar-refractivity contribution in [3.05, 3.63) is 29.8 Å². The zero-order valence-corrected chi connectivity index (χ0v) is 27.2. The van der Waals surface area contributed by atoms with Crippen molar-refractivity contribution in [1.82, 2.24) is 21.3 Å². The Morgan fingerprint density at radius 1 is 0.771 bits per heavy atom. The third-order valence-corrected chi connectivity index (χ3v) is 7.13. The van der Waals surface area contributed by atoms with Gasteiger partial charge in [0.25, 0.3) is 0 Å². The highest BCUT2D eigenvalue weighted by atomic mass is 16.4. The van der Waals surface area contributed by atoms with Crippen LogP contribution in [0.2, 0.25) is 0 Å². The summed E-state index contributed by atoms with van der Waals surface area (Å²) in [7, 11) is 0. The number of carbonyl (C=O) groups excluding carboxylic acids is 4. The molecule has 15 N–H and O–H groups in total. The number of nitrogens with zero attached hydrogens (tertiary/aromatic N) is 1. The summed E-state index contributed by atoms with van der Waals surface area (Å²) in [5, 5.41) is 38.4. The van der Waals surface area contributed by atoms with Gasteiger partial charge in [-0.25, -0.2) is 4.79 Å². The summed E-state index contributed by atoms with van der Waals surface area (Å²) in [6.07, 6.45) is 0.608. The van der Waals surface area contributed by atoms with E-state index in [0.29, 0.717) is 31.4 Å². The summed E-state index contributed by atoms with van der Waals surface area (Å²) in [6, 6.07) is -0.880. The molecule has 268 valence electrons. The van der Waals surface area contributed by atoms with Gasteiger partial charge in [-0.15, -0.1) is 0 Å². The quantitative estimate of drug-likeness (QED) is 0.0346. The number of carbonyl (C=O) groups is 6. The average molecular weight is 680 g/mol. The predicted molar refractivity (Wildman–Crippen MR) is 175 cm³/mol. The molecule has 1 rings (SSSR count). The number of nitrogens with one attached hydrogen (secondary N) is 4. The van der Waals surface area contributed by atoms with Crippen LogP contribution in [0.25, 0.3) is 0 Å². The number of amides is 4. The molecule has 0 aliphatic heterocycles. The number of phenolic OH excluding ortho intramolecular Hbond substituents is 1. The van der Waals surface area contributed by atoms with E-state index in [0.717, 1.165) is 0 Å². The lowest BCUT2D eigenvalue weighted by molar-refractivity contribution is -0.143. The number of guanidine groups is 1. The molecule has 0 radical (unpaired) electrons. The molecule has 0 fully saturated rings. The second kappa shape index (κ2) is 21.0. The van der Waals surface area contributed by atoms with Crippen molar-refractivity contribution < 1.29 is 44.1 Å². The first-order chi connectivity index (χ1) is 22.5. The highest BCUT2D eigenvalue weighted by Crippen LogP contribution is 2.13. The Balaban J connectivity index is 3.07. The number of aromatic hydroxyl groups is 1. The molecular formula is C30H49N9O9. The van der Waals surface area contributed by atoms with Crippen molar-refractivity contribution in [1.29, 1.82) is 0 Å². The Hall–Kier alpha value is -4.97. The van der Waals surface area contributed by atoms with Crippen LogP contribution in [0.3, 0.4) is 0 Å². The lowest BCUT2D eigenvalue weighted by atomic mass is 10.0. The molecule has 0 saturated carbocycles. The maximum absolute atomic E-state index is 13.3. The smallest absolute Gasteiger partial charge is 0.326 e. The van der Waals surface area contributed by atoms with Crippen LogP contribution in [0, 0.1) is 5.92 Å².